The second-order valence-corrected chi connectivity index (χ2v) is 8.43. The lowest BCUT2D eigenvalue weighted by molar-refractivity contribution is -0.139. The predicted octanol–water partition coefficient (Wildman–Crippen LogP) is 4.28. The zero-order valence-corrected chi connectivity index (χ0v) is 17.1. The Labute approximate surface area is 163 Å². The molecule has 0 bridgehead atoms. The first kappa shape index (κ1) is 18.1. The van der Waals surface area contributed by atoms with E-state index in [0.29, 0.717) is 0 Å². The maximum atomic E-state index is 12.1. The number of pyridine rings is 1. The molecule has 0 atom stereocenters. The van der Waals surface area contributed by atoms with Gasteiger partial charge in [0, 0.05) is 29.0 Å². The molecule has 3 aromatic rings. The minimum absolute atomic E-state index is 0.226. The van der Waals surface area contributed by atoms with Crippen LogP contribution in [0.2, 0.25) is 0 Å². The van der Waals surface area contributed by atoms with E-state index in [1.807, 2.05) is 6.92 Å². The van der Waals surface area contributed by atoms with Crippen molar-refractivity contribution in [3.8, 4) is 11.1 Å². The second-order valence-electron chi connectivity index (χ2n) is 7.34. The van der Waals surface area contributed by atoms with Crippen LogP contribution < -0.4 is 0 Å². The molecule has 27 heavy (non-hydrogen) atoms. The highest BCUT2D eigenvalue weighted by Gasteiger charge is 2.25. The Kier molecular flexibility index (Phi) is 4.74. The van der Waals surface area contributed by atoms with Crippen LogP contribution in [0.5, 0.6) is 0 Å². The molecule has 0 aliphatic carbocycles. The van der Waals surface area contributed by atoms with Gasteiger partial charge in [-0.15, -0.1) is 11.3 Å². The van der Waals surface area contributed by atoms with Crippen molar-refractivity contribution in [2.45, 2.75) is 33.2 Å². The molecule has 0 saturated heterocycles. The van der Waals surface area contributed by atoms with E-state index in [-0.39, 0.29) is 12.4 Å². The lowest BCUT2D eigenvalue weighted by Crippen LogP contribution is -2.25. The monoisotopic (exact) mass is 380 g/mol. The van der Waals surface area contributed by atoms with E-state index < -0.39 is 0 Å². The average molecular weight is 381 g/mol. The number of hydrogen-bond acceptors (Lipinski definition) is 5. The van der Waals surface area contributed by atoms with Crippen molar-refractivity contribution >= 4 is 27.5 Å². The van der Waals surface area contributed by atoms with E-state index in [1.54, 1.807) is 11.3 Å². The zero-order valence-electron chi connectivity index (χ0n) is 16.3. The average Bonchev–Trinajstić information content (AvgIpc) is 2.99. The zero-order chi connectivity index (χ0) is 19.1. The molecule has 0 N–H and O–H groups in total. The van der Waals surface area contributed by atoms with Crippen molar-refractivity contribution in [2.24, 2.45) is 0 Å². The van der Waals surface area contributed by atoms with Crippen molar-refractivity contribution in [1.29, 1.82) is 0 Å². The number of nitrogens with zero attached hydrogens (tertiary/aromatic N) is 2. The Balaban J connectivity index is 2.03. The summed E-state index contributed by atoms with van der Waals surface area (Å²) in [5, 5.41) is 1.23. The van der Waals surface area contributed by atoms with Crippen LogP contribution in [0.1, 0.15) is 27.3 Å². The van der Waals surface area contributed by atoms with E-state index in [0.717, 1.165) is 46.7 Å². The molecule has 5 heteroatoms. The number of fused-ring (bicyclic) bond motifs is 3. The maximum absolute atomic E-state index is 12.1. The van der Waals surface area contributed by atoms with E-state index in [4.69, 9.17) is 9.72 Å². The fourth-order valence-corrected chi connectivity index (χ4v) is 5.23. The minimum Gasteiger partial charge on any atom is -0.469 e. The summed E-state index contributed by atoms with van der Waals surface area (Å²) in [6.45, 7) is 6.11. The SMILES string of the molecule is COC(=O)Cc1c(C)nc2sc3c(c2c1-c1ccc(C)cc1)CCN(C)C3. The summed E-state index contributed by atoms with van der Waals surface area (Å²) in [5.74, 6) is -0.226. The molecule has 3 heterocycles. The number of hydrogen-bond donors (Lipinski definition) is 0. The van der Waals surface area contributed by atoms with Gasteiger partial charge in [-0.1, -0.05) is 29.8 Å². The van der Waals surface area contributed by atoms with Gasteiger partial charge >= 0.3 is 5.97 Å². The van der Waals surface area contributed by atoms with Crippen molar-refractivity contribution < 1.29 is 9.53 Å². The van der Waals surface area contributed by atoms with Gasteiger partial charge in [0.15, 0.2) is 0 Å². The van der Waals surface area contributed by atoms with Gasteiger partial charge in [0.25, 0.3) is 0 Å². The highest BCUT2D eigenvalue weighted by atomic mass is 32.1. The Bertz CT molecular complexity index is 1020. The van der Waals surface area contributed by atoms with Crippen molar-refractivity contribution in [2.75, 3.05) is 20.7 Å². The summed E-state index contributed by atoms with van der Waals surface area (Å²) in [6.07, 6.45) is 1.27. The van der Waals surface area contributed by atoms with E-state index in [9.17, 15) is 4.79 Å². The summed E-state index contributed by atoms with van der Waals surface area (Å²) in [5.41, 5.74) is 6.83. The van der Waals surface area contributed by atoms with Crippen LogP contribution >= 0.6 is 11.3 Å². The normalized spacial score (nSPS) is 14.4. The Morgan fingerprint density at radius 1 is 1.26 bits per heavy atom. The molecule has 0 fully saturated rings. The summed E-state index contributed by atoms with van der Waals surface area (Å²) < 4.78 is 4.97. The summed E-state index contributed by atoms with van der Waals surface area (Å²) >= 11 is 1.79. The van der Waals surface area contributed by atoms with Crippen LogP contribution in [0.3, 0.4) is 0 Å². The molecule has 0 unspecified atom stereocenters. The number of aryl methyl sites for hydroxylation is 2. The fourth-order valence-electron chi connectivity index (χ4n) is 3.88. The number of benzene rings is 1. The molecule has 4 rings (SSSR count). The topological polar surface area (TPSA) is 42.4 Å². The van der Waals surface area contributed by atoms with Crippen LogP contribution in [0.25, 0.3) is 21.3 Å². The predicted molar refractivity (Wildman–Crippen MR) is 110 cm³/mol. The third-order valence-corrected chi connectivity index (χ3v) is 6.49. The molecule has 1 aliphatic heterocycles. The van der Waals surface area contributed by atoms with Gasteiger partial charge in [0.05, 0.1) is 13.5 Å². The molecule has 0 spiro atoms. The summed E-state index contributed by atoms with van der Waals surface area (Å²) in [4.78, 5) is 21.8. The molecule has 0 amide bonds. The molecule has 140 valence electrons. The third-order valence-electron chi connectivity index (χ3n) is 5.38. The number of carbonyl (C=O) groups excluding carboxylic acids is 1. The molecule has 2 aromatic heterocycles. The summed E-state index contributed by atoms with van der Waals surface area (Å²) in [7, 11) is 3.60. The smallest absolute Gasteiger partial charge is 0.310 e. The number of methoxy groups -OCH3 is 1. The van der Waals surface area contributed by atoms with Crippen LogP contribution in [0.4, 0.5) is 0 Å². The van der Waals surface area contributed by atoms with Crippen molar-refractivity contribution in [1.82, 2.24) is 9.88 Å². The van der Waals surface area contributed by atoms with Crippen molar-refractivity contribution in [3.05, 3.63) is 51.5 Å². The van der Waals surface area contributed by atoms with Crippen LogP contribution in [0, 0.1) is 13.8 Å². The van der Waals surface area contributed by atoms with E-state index >= 15 is 0 Å². The van der Waals surface area contributed by atoms with Gasteiger partial charge < -0.3 is 9.64 Å². The van der Waals surface area contributed by atoms with E-state index in [1.165, 1.54) is 28.5 Å². The van der Waals surface area contributed by atoms with E-state index in [2.05, 4.69) is 43.1 Å². The maximum Gasteiger partial charge on any atom is 0.310 e. The van der Waals surface area contributed by atoms with Gasteiger partial charge in [-0.05, 0) is 49.6 Å². The molecular formula is C22H24N2O2S. The molecular weight excluding hydrogens is 356 g/mol. The van der Waals surface area contributed by atoms with Gasteiger partial charge in [-0.25, -0.2) is 4.98 Å². The second kappa shape index (κ2) is 7.06. The summed E-state index contributed by atoms with van der Waals surface area (Å²) in [6, 6.07) is 8.57. The van der Waals surface area contributed by atoms with Crippen molar-refractivity contribution in [3.63, 3.8) is 0 Å². The van der Waals surface area contributed by atoms with Crippen LogP contribution in [-0.4, -0.2) is 36.6 Å². The van der Waals surface area contributed by atoms with Gasteiger partial charge in [-0.2, -0.15) is 0 Å². The first-order valence-electron chi connectivity index (χ1n) is 9.24. The number of carbonyl (C=O) groups is 1. The third kappa shape index (κ3) is 3.26. The molecule has 4 nitrogen and oxygen atoms in total. The van der Waals surface area contributed by atoms with Gasteiger partial charge in [0.2, 0.25) is 0 Å². The minimum atomic E-state index is -0.226. The van der Waals surface area contributed by atoms with Crippen LogP contribution in [-0.2, 0) is 28.9 Å². The Morgan fingerprint density at radius 2 is 2.00 bits per heavy atom. The molecule has 1 aromatic carbocycles. The highest BCUT2D eigenvalue weighted by Crippen LogP contribution is 2.42. The largest absolute Gasteiger partial charge is 0.469 e. The Morgan fingerprint density at radius 3 is 2.70 bits per heavy atom. The number of aromatic nitrogens is 1. The quantitative estimate of drug-likeness (QED) is 0.636. The molecule has 0 radical (unpaired) electrons. The standard InChI is InChI=1S/C22H24N2O2S/c1-13-5-7-15(8-6-13)20-17(11-19(25)26-4)14(2)23-22-21(20)16-9-10-24(3)12-18(16)27-22/h5-8H,9-12H2,1-4H3. The first-order valence-corrected chi connectivity index (χ1v) is 10.1. The number of rotatable bonds is 3. The lowest BCUT2D eigenvalue weighted by Gasteiger charge is -2.23. The fraction of sp³-hybridized carbons (Fsp3) is 0.364. The highest BCUT2D eigenvalue weighted by molar-refractivity contribution is 7.19. The van der Waals surface area contributed by atoms with Crippen LogP contribution in [0.15, 0.2) is 24.3 Å². The first-order chi connectivity index (χ1) is 13.0. The van der Waals surface area contributed by atoms with Gasteiger partial charge in [0.1, 0.15) is 4.83 Å². The number of likely N-dealkylation sites (N-methyl/N-ethyl adjacent to an activating group) is 1. The number of ether oxygens (including phenoxy) is 1. The number of thiophene rings is 1. The number of esters is 1. The Hall–Kier alpha value is -2.24. The van der Waals surface area contributed by atoms with Gasteiger partial charge in [-0.3, -0.25) is 4.79 Å². The lowest BCUT2D eigenvalue weighted by atomic mass is 9.90. The molecule has 1 aliphatic rings. The molecule has 0 saturated carbocycles.